The third-order valence-electron chi connectivity index (χ3n) is 3.43. The Morgan fingerprint density at radius 2 is 2.31 bits per heavy atom. The normalized spacial score (nSPS) is 26.2. The number of benzene rings is 1. The van der Waals surface area contributed by atoms with Crippen LogP contribution < -0.4 is 5.32 Å². The molecular weight excluding hydrogens is 203 g/mol. The van der Waals surface area contributed by atoms with Gasteiger partial charge in [-0.3, -0.25) is 4.90 Å². The van der Waals surface area contributed by atoms with Crippen LogP contribution in [0.15, 0.2) is 24.3 Å². The Bertz CT molecular complexity index is 352. The van der Waals surface area contributed by atoms with E-state index in [0.29, 0.717) is 12.0 Å². The van der Waals surface area contributed by atoms with E-state index in [4.69, 9.17) is 0 Å². The number of hydrogen-bond donors (Lipinski definition) is 1. The molecule has 3 heteroatoms. The second-order valence-corrected chi connectivity index (χ2v) is 4.59. The molecule has 16 heavy (non-hydrogen) atoms. The Balaban J connectivity index is 2.22. The van der Waals surface area contributed by atoms with Gasteiger partial charge < -0.3 is 5.32 Å². The molecule has 0 saturated carbocycles. The van der Waals surface area contributed by atoms with Gasteiger partial charge in [0.25, 0.3) is 0 Å². The zero-order valence-corrected chi connectivity index (χ0v) is 9.91. The van der Waals surface area contributed by atoms with Crippen molar-refractivity contribution in [3.05, 3.63) is 35.6 Å². The summed E-state index contributed by atoms with van der Waals surface area (Å²) in [4.78, 5) is 2.32. The number of halogens is 1. The van der Waals surface area contributed by atoms with Crippen LogP contribution in [0.5, 0.6) is 0 Å². The summed E-state index contributed by atoms with van der Waals surface area (Å²) in [5, 5.41) is 3.22. The van der Waals surface area contributed by atoms with Gasteiger partial charge in [-0.1, -0.05) is 12.1 Å². The minimum absolute atomic E-state index is 0.138. The molecule has 2 rings (SSSR count). The lowest BCUT2D eigenvalue weighted by atomic mass is 9.94. The molecule has 1 aliphatic rings. The molecule has 2 unspecified atom stereocenters. The highest BCUT2D eigenvalue weighted by Crippen LogP contribution is 2.35. The summed E-state index contributed by atoms with van der Waals surface area (Å²) in [6.45, 7) is 2.08. The molecule has 1 saturated heterocycles. The summed E-state index contributed by atoms with van der Waals surface area (Å²) in [6, 6.07) is 7.34. The fraction of sp³-hybridized carbons (Fsp3) is 0.538. The lowest BCUT2D eigenvalue weighted by Gasteiger charge is -2.25. The van der Waals surface area contributed by atoms with Crippen LogP contribution in [0.4, 0.5) is 4.39 Å². The molecule has 1 aliphatic heterocycles. The first kappa shape index (κ1) is 11.6. The quantitative estimate of drug-likeness (QED) is 0.842. The molecule has 88 valence electrons. The number of nitrogens with one attached hydrogen (secondary N) is 1. The van der Waals surface area contributed by atoms with Crippen molar-refractivity contribution in [3.63, 3.8) is 0 Å². The summed E-state index contributed by atoms with van der Waals surface area (Å²) in [7, 11) is 4.09. The molecule has 2 atom stereocenters. The molecule has 0 amide bonds. The van der Waals surface area contributed by atoms with E-state index in [9.17, 15) is 4.39 Å². The Morgan fingerprint density at radius 3 is 3.00 bits per heavy atom. The van der Waals surface area contributed by atoms with E-state index in [0.717, 1.165) is 18.7 Å². The first-order valence-corrected chi connectivity index (χ1v) is 5.82. The molecule has 1 fully saturated rings. The molecule has 1 heterocycles. The van der Waals surface area contributed by atoms with Crippen LogP contribution in [-0.4, -0.2) is 32.1 Å². The van der Waals surface area contributed by atoms with Gasteiger partial charge in [0.1, 0.15) is 5.82 Å². The average Bonchev–Trinajstić information content (AvgIpc) is 2.60. The van der Waals surface area contributed by atoms with E-state index in [2.05, 4.69) is 17.3 Å². The molecule has 1 N–H and O–H groups in total. The number of nitrogens with zero attached hydrogens (tertiary/aromatic N) is 1. The van der Waals surface area contributed by atoms with Gasteiger partial charge in [0.05, 0.1) is 0 Å². The monoisotopic (exact) mass is 222 g/mol. The fourth-order valence-electron chi connectivity index (χ4n) is 2.72. The van der Waals surface area contributed by atoms with Gasteiger partial charge in [0, 0.05) is 6.04 Å². The van der Waals surface area contributed by atoms with E-state index in [-0.39, 0.29) is 5.82 Å². The van der Waals surface area contributed by atoms with E-state index >= 15 is 0 Å². The van der Waals surface area contributed by atoms with Crippen molar-refractivity contribution in [3.8, 4) is 0 Å². The van der Waals surface area contributed by atoms with Crippen LogP contribution in [0.25, 0.3) is 0 Å². The van der Waals surface area contributed by atoms with E-state index < -0.39 is 0 Å². The van der Waals surface area contributed by atoms with Crippen LogP contribution >= 0.6 is 0 Å². The van der Waals surface area contributed by atoms with Crippen LogP contribution in [0.2, 0.25) is 0 Å². The first-order valence-electron chi connectivity index (χ1n) is 5.82. The van der Waals surface area contributed by atoms with E-state index in [1.807, 2.05) is 13.1 Å². The van der Waals surface area contributed by atoms with E-state index in [1.165, 1.54) is 12.5 Å². The number of rotatable bonds is 3. The summed E-state index contributed by atoms with van der Waals surface area (Å²) >= 11 is 0. The van der Waals surface area contributed by atoms with Gasteiger partial charge in [0.15, 0.2) is 0 Å². The van der Waals surface area contributed by atoms with Crippen LogP contribution in [-0.2, 0) is 0 Å². The van der Waals surface area contributed by atoms with Crippen LogP contribution in [0.1, 0.15) is 18.0 Å². The Morgan fingerprint density at radius 1 is 1.50 bits per heavy atom. The zero-order valence-electron chi connectivity index (χ0n) is 9.91. The van der Waals surface area contributed by atoms with Gasteiger partial charge in [-0.05, 0) is 57.2 Å². The van der Waals surface area contributed by atoms with Gasteiger partial charge in [0.2, 0.25) is 0 Å². The third-order valence-corrected chi connectivity index (χ3v) is 3.43. The van der Waals surface area contributed by atoms with Crippen molar-refractivity contribution in [1.29, 1.82) is 0 Å². The standard InChI is InChI=1S/C13H19FN2/c1-15-9-11-6-7-16(2)13(11)10-4-3-5-12(14)8-10/h3-5,8,11,13,15H,6-7,9H2,1-2H3. The van der Waals surface area contributed by atoms with Crippen molar-refractivity contribution in [1.82, 2.24) is 10.2 Å². The molecule has 1 aromatic rings. The first-order chi connectivity index (χ1) is 7.72. The molecular formula is C13H19FN2. The van der Waals surface area contributed by atoms with Crippen molar-refractivity contribution >= 4 is 0 Å². The number of likely N-dealkylation sites (tertiary alicyclic amines) is 1. The fourth-order valence-corrected chi connectivity index (χ4v) is 2.72. The molecule has 0 radical (unpaired) electrons. The van der Waals surface area contributed by atoms with Crippen molar-refractivity contribution < 1.29 is 4.39 Å². The molecule has 0 aliphatic carbocycles. The summed E-state index contributed by atoms with van der Waals surface area (Å²) in [5.74, 6) is 0.442. The molecule has 0 spiro atoms. The number of hydrogen-bond acceptors (Lipinski definition) is 2. The second kappa shape index (κ2) is 4.93. The SMILES string of the molecule is CNCC1CCN(C)C1c1cccc(F)c1. The Labute approximate surface area is 96.5 Å². The largest absolute Gasteiger partial charge is 0.319 e. The summed E-state index contributed by atoms with van der Waals surface area (Å²) in [6.07, 6.45) is 1.18. The highest BCUT2D eigenvalue weighted by molar-refractivity contribution is 5.22. The van der Waals surface area contributed by atoms with Gasteiger partial charge >= 0.3 is 0 Å². The maximum Gasteiger partial charge on any atom is 0.123 e. The highest BCUT2D eigenvalue weighted by atomic mass is 19.1. The van der Waals surface area contributed by atoms with Crippen molar-refractivity contribution in [2.75, 3.05) is 27.2 Å². The molecule has 1 aromatic carbocycles. The molecule has 2 nitrogen and oxygen atoms in total. The van der Waals surface area contributed by atoms with Gasteiger partial charge in [-0.2, -0.15) is 0 Å². The van der Waals surface area contributed by atoms with Crippen LogP contribution in [0, 0.1) is 11.7 Å². The minimum atomic E-state index is -0.138. The minimum Gasteiger partial charge on any atom is -0.319 e. The maximum absolute atomic E-state index is 13.2. The lowest BCUT2D eigenvalue weighted by molar-refractivity contribution is 0.273. The topological polar surface area (TPSA) is 15.3 Å². The third kappa shape index (κ3) is 2.25. The van der Waals surface area contributed by atoms with Crippen molar-refractivity contribution in [2.45, 2.75) is 12.5 Å². The van der Waals surface area contributed by atoms with E-state index in [1.54, 1.807) is 12.1 Å². The smallest absolute Gasteiger partial charge is 0.123 e. The van der Waals surface area contributed by atoms with Gasteiger partial charge in [-0.25, -0.2) is 4.39 Å². The Kier molecular flexibility index (Phi) is 3.56. The zero-order chi connectivity index (χ0) is 11.5. The lowest BCUT2D eigenvalue weighted by Crippen LogP contribution is -2.26. The summed E-state index contributed by atoms with van der Waals surface area (Å²) in [5.41, 5.74) is 1.10. The highest BCUT2D eigenvalue weighted by Gasteiger charge is 2.32. The molecule has 0 bridgehead atoms. The predicted molar refractivity (Wildman–Crippen MR) is 63.8 cm³/mol. The maximum atomic E-state index is 13.2. The summed E-state index contributed by atoms with van der Waals surface area (Å²) < 4.78 is 13.2. The van der Waals surface area contributed by atoms with Crippen LogP contribution in [0.3, 0.4) is 0 Å². The van der Waals surface area contributed by atoms with Gasteiger partial charge in [-0.15, -0.1) is 0 Å². The predicted octanol–water partition coefficient (Wildman–Crippen LogP) is 2.04. The second-order valence-electron chi connectivity index (χ2n) is 4.59. The Hall–Kier alpha value is -0.930. The molecule has 0 aromatic heterocycles. The van der Waals surface area contributed by atoms with Crippen molar-refractivity contribution in [2.24, 2.45) is 5.92 Å². The average molecular weight is 222 g/mol.